The highest BCUT2D eigenvalue weighted by atomic mass is 35.5. The van der Waals surface area contributed by atoms with E-state index in [0.717, 1.165) is 17.9 Å². The number of nitrogens with two attached hydrogens (primary N) is 1. The first-order valence-electron chi connectivity index (χ1n) is 5.27. The number of aryl methyl sites for hydroxylation is 1. The molecule has 0 amide bonds. The quantitative estimate of drug-likeness (QED) is 0.696. The van der Waals surface area contributed by atoms with E-state index in [4.69, 9.17) is 17.3 Å². The van der Waals surface area contributed by atoms with E-state index in [1.54, 1.807) is 0 Å². The third-order valence-electron chi connectivity index (χ3n) is 3.83. The van der Waals surface area contributed by atoms with Crippen LogP contribution in [0.15, 0.2) is 18.2 Å². The van der Waals surface area contributed by atoms with Crippen LogP contribution in [0.4, 0.5) is 0 Å². The van der Waals surface area contributed by atoms with Gasteiger partial charge < -0.3 is 5.73 Å². The molecule has 0 bridgehead atoms. The summed E-state index contributed by atoms with van der Waals surface area (Å²) < 4.78 is 0. The van der Waals surface area contributed by atoms with Gasteiger partial charge in [-0.3, -0.25) is 0 Å². The van der Waals surface area contributed by atoms with Crippen LogP contribution in [0.25, 0.3) is 0 Å². The van der Waals surface area contributed by atoms with Crippen molar-refractivity contribution in [1.29, 1.82) is 0 Å². The van der Waals surface area contributed by atoms with E-state index in [1.165, 1.54) is 24.0 Å². The van der Waals surface area contributed by atoms with Crippen LogP contribution in [0.3, 0.4) is 0 Å². The van der Waals surface area contributed by atoms with Gasteiger partial charge in [0.05, 0.1) is 0 Å². The fourth-order valence-corrected chi connectivity index (χ4v) is 3.01. The Morgan fingerprint density at radius 2 is 2.14 bits per heavy atom. The van der Waals surface area contributed by atoms with Gasteiger partial charge in [-0.25, -0.2) is 0 Å². The molecule has 0 aromatic heterocycles. The molecular formula is C12H14ClN. The summed E-state index contributed by atoms with van der Waals surface area (Å²) in [4.78, 5) is 0. The SMILES string of the molecule is NC1CCc2cc(Cl)ccc2C12CC2. The second-order valence-electron chi connectivity index (χ2n) is 4.60. The van der Waals surface area contributed by atoms with Crippen LogP contribution in [-0.2, 0) is 11.8 Å². The maximum Gasteiger partial charge on any atom is 0.0408 e. The Morgan fingerprint density at radius 3 is 2.86 bits per heavy atom. The first kappa shape index (κ1) is 8.75. The molecule has 2 N–H and O–H groups in total. The molecule has 2 aliphatic rings. The molecule has 1 nitrogen and oxygen atoms in total. The number of benzene rings is 1. The van der Waals surface area contributed by atoms with Gasteiger partial charge in [0.25, 0.3) is 0 Å². The fourth-order valence-electron chi connectivity index (χ4n) is 2.82. The van der Waals surface area contributed by atoms with Crippen LogP contribution in [-0.4, -0.2) is 6.04 Å². The van der Waals surface area contributed by atoms with E-state index in [9.17, 15) is 0 Å². The predicted octanol–water partition coefficient (Wildman–Crippen LogP) is 2.65. The lowest BCUT2D eigenvalue weighted by molar-refractivity contribution is 0.454. The van der Waals surface area contributed by atoms with Gasteiger partial charge in [-0.15, -0.1) is 0 Å². The Balaban J connectivity index is 2.14. The van der Waals surface area contributed by atoms with Crippen LogP contribution in [0.2, 0.25) is 5.02 Å². The van der Waals surface area contributed by atoms with Gasteiger partial charge in [-0.05, 0) is 48.9 Å². The third-order valence-corrected chi connectivity index (χ3v) is 4.06. The molecule has 1 unspecified atom stereocenters. The molecule has 74 valence electrons. The molecule has 1 spiro atoms. The first-order chi connectivity index (χ1) is 6.72. The molecule has 14 heavy (non-hydrogen) atoms. The Kier molecular flexibility index (Phi) is 1.71. The topological polar surface area (TPSA) is 26.0 Å². The summed E-state index contributed by atoms with van der Waals surface area (Å²) in [5, 5.41) is 0.857. The Labute approximate surface area is 89.3 Å². The first-order valence-corrected chi connectivity index (χ1v) is 5.65. The van der Waals surface area contributed by atoms with Gasteiger partial charge in [0, 0.05) is 16.5 Å². The predicted molar refractivity (Wildman–Crippen MR) is 58.7 cm³/mol. The summed E-state index contributed by atoms with van der Waals surface area (Å²) in [5.74, 6) is 0. The highest BCUT2D eigenvalue weighted by molar-refractivity contribution is 6.30. The zero-order valence-corrected chi connectivity index (χ0v) is 8.85. The second-order valence-corrected chi connectivity index (χ2v) is 5.04. The zero-order valence-electron chi connectivity index (χ0n) is 8.09. The van der Waals surface area contributed by atoms with E-state index >= 15 is 0 Å². The van der Waals surface area contributed by atoms with E-state index in [2.05, 4.69) is 12.1 Å². The Bertz CT molecular complexity index is 382. The molecule has 1 saturated carbocycles. The Morgan fingerprint density at radius 1 is 1.36 bits per heavy atom. The standard InChI is InChI=1S/C12H14ClN/c13-9-2-3-10-8(7-9)1-4-11(14)12(10)5-6-12/h2-3,7,11H,1,4-6,14H2. The molecule has 0 saturated heterocycles. The smallest absolute Gasteiger partial charge is 0.0408 e. The number of hydrogen-bond acceptors (Lipinski definition) is 1. The monoisotopic (exact) mass is 207 g/mol. The highest BCUT2D eigenvalue weighted by Crippen LogP contribution is 2.54. The molecule has 1 aromatic rings. The molecule has 1 aromatic carbocycles. The number of fused-ring (bicyclic) bond motifs is 2. The van der Waals surface area contributed by atoms with E-state index in [1.807, 2.05) is 6.07 Å². The van der Waals surface area contributed by atoms with Gasteiger partial charge in [0.1, 0.15) is 0 Å². The highest BCUT2D eigenvalue weighted by Gasteiger charge is 2.51. The minimum Gasteiger partial charge on any atom is -0.327 e. The number of hydrogen-bond donors (Lipinski definition) is 1. The summed E-state index contributed by atoms with van der Waals surface area (Å²) in [5.41, 5.74) is 9.43. The van der Waals surface area contributed by atoms with Crippen LogP contribution in [0.5, 0.6) is 0 Å². The lowest BCUT2D eigenvalue weighted by Gasteiger charge is -2.31. The van der Waals surface area contributed by atoms with Crippen LogP contribution >= 0.6 is 11.6 Å². The molecule has 1 fully saturated rings. The van der Waals surface area contributed by atoms with Crippen molar-refractivity contribution in [3.05, 3.63) is 34.3 Å². The average Bonchev–Trinajstić information content (AvgIpc) is 2.94. The lowest BCUT2D eigenvalue weighted by atomic mass is 9.77. The summed E-state index contributed by atoms with van der Waals surface area (Å²) >= 11 is 6.00. The summed E-state index contributed by atoms with van der Waals surface area (Å²) in [6, 6.07) is 6.67. The molecule has 3 rings (SSSR count). The van der Waals surface area contributed by atoms with Crippen molar-refractivity contribution in [2.45, 2.75) is 37.1 Å². The van der Waals surface area contributed by atoms with Crippen molar-refractivity contribution in [3.63, 3.8) is 0 Å². The minimum atomic E-state index is 0.332. The molecular weight excluding hydrogens is 194 g/mol. The van der Waals surface area contributed by atoms with Crippen molar-refractivity contribution < 1.29 is 0 Å². The zero-order chi connectivity index (χ0) is 9.76. The largest absolute Gasteiger partial charge is 0.327 e. The molecule has 0 radical (unpaired) electrons. The fraction of sp³-hybridized carbons (Fsp3) is 0.500. The summed E-state index contributed by atoms with van der Waals surface area (Å²) in [6.45, 7) is 0. The van der Waals surface area contributed by atoms with E-state index in [0.29, 0.717) is 11.5 Å². The maximum absolute atomic E-state index is 6.19. The van der Waals surface area contributed by atoms with Crippen molar-refractivity contribution in [1.82, 2.24) is 0 Å². The lowest BCUT2D eigenvalue weighted by Crippen LogP contribution is -2.39. The second kappa shape index (κ2) is 2.74. The van der Waals surface area contributed by atoms with Crippen LogP contribution in [0.1, 0.15) is 30.4 Å². The van der Waals surface area contributed by atoms with Crippen LogP contribution < -0.4 is 5.73 Å². The van der Waals surface area contributed by atoms with Gasteiger partial charge in [-0.2, -0.15) is 0 Å². The van der Waals surface area contributed by atoms with Crippen LogP contribution in [0, 0.1) is 0 Å². The van der Waals surface area contributed by atoms with Gasteiger partial charge >= 0.3 is 0 Å². The average molecular weight is 208 g/mol. The van der Waals surface area contributed by atoms with E-state index < -0.39 is 0 Å². The van der Waals surface area contributed by atoms with Gasteiger partial charge in [0.15, 0.2) is 0 Å². The van der Waals surface area contributed by atoms with Crippen molar-refractivity contribution >= 4 is 11.6 Å². The van der Waals surface area contributed by atoms with Crippen molar-refractivity contribution in [2.24, 2.45) is 5.73 Å². The summed E-state index contributed by atoms with van der Waals surface area (Å²) in [7, 11) is 0. The van der Waals surface area contributed by atoms with Crippen molar-refractivity contribution in [3.8, 4) is 0 Å². The normalized spacial score (nSPS) is 27.4. The minimum absolute atomic E-state index is 0.332. The molecule has 1 atom stereocenters. The number of rotatable bonds is 0. The van der Waals surface area contributed by atoms with Gasteiger partial charge in [0.2, 0.25) is 0 Å². The number of halogens is 1. The maximum atomic E-state index is 6.19. The Hall–Kier alpha value is -0.530. The van der Waals surface area contributed by atoms with Gasteiger partial charge in [-0.1, -0.05) is 17.7 Å². The third kappa shape index (κ3) is 1.06. The molecule has 2 aliphatic carbocycles. The van der Waals surface area contributed by atoms with Crippen molar-refractivity contribution in [2.75, 3.05) is 0 Å². The summed E-state index contributed by atoms with van der Waals surface area (Å²) in [6.07, 6.45) is 4.75. The molecule has 0 aliphatic heterocycles. The van der Waals surface area contributed by atoms with E-state index in [-0.39, 0.29) is 0 Å². The molecule has 2 heteroatoms. The molecule has 0 heterocycles.